The van der Waals surface area contributed by atoms with E-state index in [1.165, 1.54) is 18.4 Å². The van der Waals surface area contributed by atoms with Crippen LogP contribution in [0.2, 0.25) is 0 Å². The first-order valence-corrected chi connectivity index (χ1v) is 8.15. The van der Waals surface area contributed by atoms with Crippen LogP contribution in [0.4, 0.5) is 0 Å². The Balaban J connectivity index is 1.55. The molecular formula is C16H20BrNO2. The molecule has 3 unspecified atom stereocenters. The van der Waals surface area contributed by atoms with Gasteiger partial charge in [0.1, 0.15) is 0 Å². The van der Waals surface area contributed by atoms with Crippen molar-refractivity contribution in [2.45, 2.75) is 37.6 Å². The van der Waals surface area contributed by atoms with Crippen LogP contribution in [0.1, 0.15) is 37.2 Å². The van der Waals surface area contributed by atoms with Crippen molar-refractivity contribution >= 4 is 21.8 Å². The molecule has 20 heavy (non-hydrogen) atoms. The van der Waals surface area contributed by atoms with Gasteiger partial charge in [0.15, 0.2) is 0 Å². The van der Waals surface area contributed by atoms with Gasteiger partial charge in [-0.15, -0.1) is 0 Å². The Morgan fingerprint density at radius 3 is 2.65 bits per heavy atom. The van der Waals surface area contributed by atoms with Gasteiger partial charge in [-0.2, -0.15) is 0 Å². The number of rotatable bonds is 6. The van der Waals surface area contributed by atoms with Gasteiger partial charge in [-0.05, 0) is 55.2 Å². The first-order chi connectivity index (χ1) is 9.69. The van der Waals surface area contributed by atoms with Gasteiger partial charge in [0.05, 0.1) is 0 Å². The summed E-state index contributed by atoms with van der Waals surface area (Å²) in [7, 11) is 0. The fourth-order valence-corrected chi connectivity index (χ4v) is 3.18. The minimum atomic E-state index is 0.121. The molecule has 4 heteroatoms. The lowest BCUT2D eigenvalue weighted by molar-refractivity contribution is -0.123. The molecule has 2 saturated carbocycles. The highest BCUT2D eigenvalue weighted by Gasteiger charge is 2.45. The van der Waals surface area contributed by atoms with Gasteiger partial charge in [0.2, 0.25) is 5.91 Å². The zero-order chi connectivity index (χ0) is 14.1. The van der Waals surface area contributed by atoms with Crippen LogP contribution in [-0.4, -0.2) is 23.7 Å². The Morgan fingerprint density at radius 2 is 2.05 bits per heavy atom. The van der Waals surface area contributed by atoms with E-state index in [0.717, 1.165) is 10.9 Å². The third-order valence-electron chi connectivity index (χ3n) is 4.38. The van der Waals surface area contributed by atoms with E-state index in [-0.39, 0.29) is 24.5 Å². The van der Waals surface area contributed by atoms with Crippen LogP contribution in [0.3, 0.4) is 0 Å². The minimum Gasteiger partial charge on any atom is -0.396 e. The first-order valence-electron chi connectivity index (χ1n) is 7.35. The van der Waals surface area contributed by atoms with Crippen molar-refractivity contribution in [1.82, 2.24) is 5.32 Å². The van der Waals surface area contributed by atoms with Gasteiger partial charge in [-0.1, -0.05) is 28.1 Å². The smallest absolute Gasteiger partial charge is 0.223 e. The van der Waals surface area contributed by atoms with E-state index in [0.29, 0.717) is 18.3 Å². The quantitative estimate of drug-likeness (QED) is 0.838. The van der Waals surface area contributed by atoms with Crippen LogP contribution in [0.5, 0.6) is 0 Å². The average Bonchev–Trinajstić information content (AvgIpc) is 3.31. The summed E-state index contributed by atoms with van der Waals surface area (Å²) in [6.07, 6.45) is 4.01. The molecule has 0 bridgehead atoms. The number of benzene rings is 1. The molecule has 0 radical (unpaired) electrons. The van der Waals surface area contributed by atoms with E-state index in [2.05, 4.69) is 33.4 Å². The number of halogens is 1. The summed E-state index contributed by atoms with van der Waals surface area (Å²) in [6.45, 7) is 0.155. The summed E-state index contributed by atoms with van der Waals surface area (Å²) in [5.41, 5.74) is 1.25. The lowest BCUT2D eigenvalue weighted by Gasteiger charge is -2.17. The second-order valence-corrected chi connectivity index (χ2v) is 6.88. The Bertz CT molecular complexity index is 484. The molecule has 2 fully saturated rings. The zero-order valence-electron chi connectivity index (χ0n) is 11.4. The van der Waals surface area contributed by atoms with Crippen LogP contribution in [0, 0.1) is 11.8 Å². The normalized spacial score (nSPS) is 26.1. The van der Waals surface area contributed by atoms with E-state index >= 15 is 0 Å². The van der Waals surface area contributed by atoms with Gasteiger partial charge in [0, 0.05) is 23.0 Å². The van der Waals surface area contributed by atoms with E-state index < -0.39 is 0 Å². The Labute approximate surface area is 127 Å². The highest BCUT2D eigenvalue weighted by atomic mass is 79.9. The molecule has 0 spiro atoms. The van der Waals surface area contributed by atoms with Gasteiger partial charge < -0.3 is 10.4 Å². The van der Waals surface area contributed by atoms with Crippen LogP contribution < -0.4 is 5.32 Å². The number of carbonyl (C=O) groups is 1. The predicted octanol–water partition coefficient (Wildman–Crippen LogP) is 2.83. The number of aliphatic hydroxyl groups excluding tert-OH is 1. The zero-order valence-corrected chi connectivity index (χ0v) is 13.0. The SMILES string of the molecule is O=C(NC(CCO)C1CC1)C1CC1c1ccc(Br)cc1. The van der Waals surface area contributed by atoms with Crippen molar-refractivity contribution in [1.29, 1.82) is 0 Å². The number of carbonyl (C=O) groups excluding carboxylic acids is 1. The molecule has 108 valence electrons. The fraction of sp³-hybridized carbons (Fsp3) is 0.562. The van der Waals surface area contributed by atoms with Gasteiger partial charge in [-0.25, -0.2) is 0 Å². The van der Waals surface area contributed by atoms with Gasteiger partial charge >= 0.3 is 0 Å². The van der Waals surface area contributed by atoms with Crippen molar-refractivity contribution in [3.8, 4) is 0 Å². The maximum absolute atomic E-state index is 12.3. The van der Waals surface area contributed by atoms with Gasteiger partial charge in [-0.3, -0.25) is 4.79 Å². The highest BCUT2D eigenvalue weighted by Crippen LogP contribution is 2.48. The van der Waals surface area contributed by atoms with Crippen LogP contribution in [0.15, 0.2) is 28.7 Å². The molecule has 0 aromatic heterocycles. The van der Waals surface area contributed by atoms with Gasteiger partial charge in [0.25, 0.3) is 0 Å². The Kier molecular flexibility index (Phi) is 4.13. The standard InChI is InChI=1S/C16H20BrNO2/c17-12-5-3-10(4-6-12)13-9-14(13)16(20)18-15(7-8-19)11-1-2-11/h3-6,11,13-15,19H,1-2,7-9H2,(H,18,20). The maximum Gasteiger partial charge on any atom is 0.223 e. The summed E-state index contributed by atoms with van der Waals surface area (Å²) >= 11 is 3.43. The number of hydrogen-bond donors (Lipinski definition) is 2. The van der Waals surface area contributed by atoms with Crippen molar-refractivity contribution in [2.75, 3.05) is 6.61 Å². The molecule has 3 rings (SSSR count). The Morgan fingerprint density at radius 1 is 1.35 bits per heavy atom. The minimum absolute atomic E-state index is 0.121. The molecule has 1 aromatic carbocycles. The lowest BCUT2D eigenvalue weighted by atomic mass is 10.1. The maximum atomic E-state index is 12.3. The molecule has 3 atom stereocenters. The number of hydrogen-bond acceptors (Lipinski definition) is 2. The molecule has 3 nitrogen and oxygen atoms in total. The summed E-state index contributed by atoms with van der Waals surface area (Å²) in [5.74, 6) is 1.26. The molecule has 1 amide bonds. The molecule has 2 aliphatic rings. The van der Waals surface area contributed by atoms with Crippen molar-refractivity contribution in [3.05, 3.63) is 34.3 Å². The summed E-state index contributed by atoms with van der Waals surface area (Å²) in [4.78, 5) is 12.3. The molecule has 2 aliphatic carbocycles. The molecule has 1 aromatic rings. The van der Waals surface area contributed by atoms with Crippen LogP contribution in [0.25, 0.3) is 0 Å². The summed E-state index contributed by atoms with van der Waals surface area (Å²) in [6, 6.07) is 8.42. The number of nitrogens with one attached hydrogen (secondary N) is 1. The number of amides is 1. The van der Waals surface area contributed by atoms with E-state index in [1.54, 1.807) is 0 Å². The van der Waals surface area contributed by atoms with E-state index in [4.69, 9.17) is 5.11 Å². The molecule has 0 heterocycles. The van der Waals surface area contributed by atoms with Crippen LogP contribution in [-0.2, 0) is 4.79 Å². The second kappa shape index (κ2) is 5.86. The van der Waals surface area contributed by atoms with Crippen LogP contribution >= 0.6 is 15.9 Å². The fourth-order valence-electron chi connectivity index (χ4n) is 2.92. The second-order valence-electron chi connectivity index (χ2n) is 5.97. The topological polar surface area (TPSA) is 49.3 Å². The molecule has 2 N–H and O–H groups in total. The average molecular weight is 338 g/mol. The third-order valence-corrected chi connectivity index (χ3v) is 4.91. The Hall–Kier alpha value is -0.870. The summed E-state index contributed by atoms with van der Waals surface area (Å²) in [5, 5.41) is 12.2. The van der Waals surface area contributed by atoms with Crippen molar-refractivity contribution < 1.29 is 9.90 Å². The van der Waals surface area contributed by atoms with E-state index in [1.807, 2.05) is 12.1 Å². The molecular weight excluding hydrogens is 318 g/mol. The van der Waals surface area contributed by atoms with Crippen molar-refractivity contribution in [2.24, 2.45) is 11.8 Å². The molecule has 0 aliphatic heterocycles. The monoisotopic (exact) mass is 337 g/mol. The highest BCUT2D eigenvalue weighted by molar-refractivity contribution is 9.10. The number of aliphatic hydroxyl groups is 1. The molecule has 0 saturated heterocycles. The first kappa shape index (κ1) is 14.1. The lowest BCUT2D eigenvalue weighted by Crippen LogP contribution is -2.38. The van der Waals surface area contributed by atoms with Crippen molar-refractivity contribution in [3.63, 3.8) is 0 Å². The predicted molar refractivity (Wildman–Crippen MR) is 81.3 cm³/mol. The summed E-state index contributed by atoms with van der Waals surface area (Å²) < 4.78 is 1.07. The third kappa shape index (κ3) is 3.23. The largest absolute Gasteiger partial charge is 0.396 e. The van der Waals surface area contributed by atoms with E-state index in [9.17, 15) is 4.79 Å².